The van der Waals surface area contributed by atoms with E-state index in [1.165, 1.54) is 16.2 Å². The smallest absolute Gasteiger partial charge is 0.309 e. The summed E-state index contributed by atoms with van der Waals surface area (Å²) in [6, 6.07) is 2.21. The van der Waals surface area contributed by atoms with Crippen molar-refractivity contribution in [2.45, 2.75) is 57.8 Å². The molecule has 148 valence electrons. The zero-order chi connectivity index (χ0) is 19.7. The number of Topliss-reactive ketones (excluding diaryl/α,β-unsaturated/α-hetero) is 1. The van der Waals surface area contributed by atoms with Crippen LogP contribution in [0.3, 0.4) is 0 Å². The summed E-state index contributed by atoms with van der Waals surface area (Å²) in [6.07, 6.45) is 7.86. The summed E-state index contributed by atoms with van der Waals surface area (Å²) in [5, 5.41) is 12.8. The fraction of sp³-hybridized carbons (Fsp3) is 0.619. The number of ketones is 1. The van der Waals surface area contributed by atoms with E-state index < -0.39 is 5.91 Å². The molecule has 0 saturated heterocycles. The predicted octanol–water partition coefficient (Wildman–Crippen LogP) is 3.38. The number of rotatable bonds is 4. The minimum atomic E-state index is -0.421. The molecule has 1 amide bonds. The van der Waals surface area contributed by atoms with E-state index in [1.54, 1.807) is 0 Å². The Morgan fingerprint density at radius 3 is 2.57 bits per heavy atom. The highest BCUT2D eigenvalue weighted by Gasteiger charge is 2.41. The van der Waals surface area contributed by atoms with Crippen LogP contribution in [0.1, 0.15) is 60.9 Å². The number of carbonyl (C=O) groups is 3. The molecule has 0 radical (unpaired) electrons. The van der Waals surface area contributed by atoms with Crippen LogP contribution in [0.25, 0.3) is 0 Å². The second kappa shape index (κ2) is 8.04. The number of esters is 1. The number of carbonyl (C=O) groups excluding carboxylic acids is 3. The van der Waals surface area contributed by atoms with Crippen molar-refractivity contribution >= 4 is 34.0 Å². The maximum atomic E-state index is 12.4. The largest absolute Gasteiger partial charge is 0.455 e. The lowest BCUT2D eigenvalue weighted by Crippen LogP contribution is -2.40. The number of nitrogens with one attached hydrogen (secondary N) is 1. The first kappa shape index (κ1) is 19.1. The van der Waals surface area contributed by atoms with Crippen molar-refractivity contribution in [3.8, 4) is 6.07 Å². The van der Waals surface area contributed by atoms with Gasteiger partial charge in [0.15, 0.2) is 6.61 Å². The third kappa shape index (κ3) is 3.70. The second-order valence-electron chi connectivity index (χ2n) is 8.08. The molecular weight excluding hydrogens is 376 g/mol. The minimum Gasteiger partial charge on any atom is -0.455 e. The average Bonchev–Trinajstić information content (AvgIpc) is 3.02. The molecule has 2 unspecified atom stereocenters. The van der Waals surface area contributed by atoms with Crippen LogP contribution in [0.15, 0.2) is 0 Å². The Bertz CT molecular complexity index is 837. The van der Waals surface area contributed by atoms with Crippen LogP contribution >= 0.6 is 11.3 Å². The van der Waals surface area contributed by atoms with Crippen LogP contribution in [0.2, 0.25) is 0 Å². The van der Waals surface area contributed by atoms with Crippen LogP contribution in [0.4, 0.5) is 5.00 Å². The highest BCUT2D eigenvalue weighted by molar-refractivity contribution is 7.16. The van der Waals surface area contributed by atoms with E-state index in [-0.39, 0.29) is 30.3 Å². The topological polar surface area (TPSA) is 96.3 Å². The van der Waals surface area contributed by atoms with Crippen LogP contribution in [0, 0.1) is 29.1 Å². The van der Waals surface area contributed by atoms with E-state index >= 15 is 0 Å². The first-order valence-corrected chi connectivity index (χ1v) is 10.9. The van der Waals surface area contributed by atoms with Gasteiger partial charge in [-0.05, 0) is 56.9 Å². The first-order valence-electron chi connectivity index (χ1n) is 10.1. The van der Waals surface area contributed by atoms with E-state index in [0.29, 0.717) is 29.2 Å². The number of hydrogen-bond acceptors (Lipinski definition) is 6. The lowest BCUT2D eigenvalue weighted by atomic mass is 9.67. The molecule has 1 aromatic rings. The summed E-state index contributed by atoms with van der Waals surface area (Å²) in [4.78, 5) is 38.0. The molecule has 0 aromatic carbocycles. The van der Waals surface area contributed by atoms with Crippen LogP contribution in [-0.2, 0) is 32.0 Å². The van der Waals surface area contributed by atoms with Gasteiger partial charge >= 0.3 is 5.97 Å². The van der Waals surface area contributed by atoms with E-state index in [9.17, 15) is 19.6 Å². The third-order valence-electron chi connectivity index (χ3n) is 6.26. The lowest BCUT2D eigenvalue weighted by Gasteiger charge is -2.36. The summed E-state index contributed by atoms with van der Waals surface area (Å²) >= 11 is 1.46. The van der Waals surface area contributed by atoms with Crippen molar-refractivity contribution in [1.82, 2.24) is 0 Å². The molecule has 2 bridgehead atoms. The molecule has 3 aliphatic carbocycles. The van der Waals surface area contributed by atoms with E-state index in [0.717, 1.165) is 50.5 Å². The summed E-state index contributed by atoms with van der Waals surface area (Å²) in [5.74, 6) is -0.826. The van der Waals surface area contributed by atoms with Crippen molar-refractivity contribution in [2.75, 3.05) is 11.9 Å². The molecule has 4 rings (SSSR count). The normalized spacial score (nSPS) is 26.1. The van der Waals surface area contributed by atoms with Crippen molar-refractivity contribution in [3.63, 3.8) is 0 Å². The van der Waals surface area contributed by atoms with Gasteiger partial charge in [-0.2, -0.15) is 5.26 Å². The predicted molar refractivity (Wildman–Crippen MR) is 104 cm³/mol. The molecule has 3 aliphatic rings. The quantitative estimate of drug-likeness (QED) is 0.782. The highest BCUT2D eigenvalue weighted by atomic mass is 32.1. The summed E-state index contributed by atoms with van der Waals surface area (Å²) < 4.78 is 5.25. The van der Waals surface area contributed by atoms with Crippen LogP contribution in [0.5, 0.6) is 0 Å². The fourth-order valence-corrected chi connectivity index (χ4v) is 6.12. The average molecular weight is 401 g/mol. The van der Waals surface area contributed by atoms with Gasteiger partial charge in [-0.1, -0.05) is 6.42 Å². The Morgan fingerprint density at radius 1 is 1.14 bits per heavy atom. The molecule has 0 spiro atoms. The van der Waals surface area contributed by atoms with Gasteiger partial charge in [0.05, 0.1) is 11.5 Å². The number of aryl methyl sites for hydroxylation is 1. The van der Waals surface area contributed by atoms with Crippen LogP contribution in [-0.4, -0.2) is 24.3 Å². The number of anilines is 1. The van der Waals surface area contributed by atoms with Gasteiger partial charge < -0.3 is 10.1 Å². The van der Waals surface area contributed by atoms with E-state index in [1.807, 2.05) is 0 Å². The molecule has 6 nitrogen and oxygen atoms in total. The molecule has 7 heteroatoms. The zero-order valence-electron chi connectivity index (χ0n) is 15.8. The number of hydrogen-bond donors (Lipinski definition) is 1. The van der Waals surface area contributed by atoms with Gasteiger partial charge in [-0.15, -0.1) is 11.3 Å². The number of amides is 1. The van der Waals surface area contributed by atoms with E-state index in [2.05, 4.69) is 11.4 Å². The second-order valence-corrected chi connectivity index (χ2v) is 9.18. The zero-order valence-corrected chi connectivity index (χ0v) is 16.6. The van der Waals surface area contributed by atoms with Crippen molar-refractivity contribution in [3.05, 3.63) is 16.0 Å². The van der Waals surface area contributed by atoms with Crippen molar-refractivity contribution < 1.29 is 19.1 Å². The van der Waals surface area contributed by atoms with Gasteiger partial charge in [0.2, 0.25) is 0 Å². The number of nitrogens with zero attached hydrogens (tertiary/aromatic N) is 1. The molecule has 1 aromatic heterocycles. The Labute approximate surface area is 168 Å². The first-order chi connectivity index (χ1) is 13.6. The molecule has 1 heterocycles. The Kier molecular flexibility index (Phi) is 5.49. The van der Waals surface area contributed by atoms with Gasteiger partial charge in [0.1, 0.15) is 16.9 Å². The number of fused-ring (bicyclic) bond motifs is 3. The van der Waals surface area contributed by atoms with Crippen LogP contribution < -0.4 is 5.32 Å². The van der Waals surface area contributed by atoms with E-state index in [4.69, 9.17) is 4.74 Å². The summed E-state index contributed by atoms with van der Waals surface area (Å²) in [7, 11) is 0. The van der Waals surface area contributed by atoms with Crippen molar-refractivity contribution in [2.24, 2.45) is 17.8 Å². The third-order valence-corrected chi connectivity index (χ3v) is 7.47. The Morgan fingerprint density at radius 2 is 1.86 bits per heavy atom. The maximum Gasteiger partial charge on any atom is 0.309 e. The number of ether oxygens (including phenoxy) is 1. The van der Waals surface area contributed by atoms with Crippen molar-refractivity contribution in [1.29, 1.82) is 5.26 Å². The SMILES string of the molecule is N#Cc1c(NC(=O)COC(=O)C2CC3CCCC(C2)C3=O)sc2c1CCCC2. The minimum absolute atomic E-state index is 0.0190. The fourth-order valence-electron chi connectivity index (χ4n) is 4.86. The summed E-state index contributed by atoms with van der Waals surface area (Å²) in [5.41, 5.74) is 1.61. The molecule has 0 aliphatic heterocycles. The van der Waals surface area contributed by atoms with Gasteiger partial charge in [0, 0.05) is 16.7 Å². The molecule has 1 N–H and O–H groups in total. The highest BCUT2D eigenvalue weighted by Crippen LogP contribution is 2.40. The Balaban J connectivity index is 1.33. The molecule has 2 fully saturated rings. The van der Waals surface area contributed by atoms with Gasteiger partial charge in [-0.25, -0.2) is 0 Å². The maximum absolute atomic E-state index is 12.4. The number of nitriles is 1. The molecule has 2 saturated carbocycles. The van der Waals surface area contributed by atoms with Gasteiger partial charge in [-0.3, -0.25) is 14.4 Å². The molecular formula is C21H24N2O4S. The Hall–Kier alpha value is -2.20. The molecule has 2 atom stereocenters. The standard InChI is InChI=1S/C21H24N2O4S/c22-10-16-15-6-1-2-7-17(15)28-20(16)23-18(24)11-27-21(26)14-8-12-4-3-5-13(9-14)19(12)25/h12-14H,1-9,11H2,(H,23,24). The lowest BCUT2D eigenvalue weighted by molar-refractivity contribution is -0.155. The summed E-state index contributed by atoms with van der Waals surface area (Å²) in [6.45, 7) is -0.355. The van der Waals surface area contributed by atoms with Gasteiger partial charge in [0.25, 0.3) is 5.91 Å². The number of thiophene rings is 1. The monoisotopic (exact) mass is 400 g/mol. The molecule has 28 heavy (non-hydrogen) atoms.